The number of likely N-dealkylation sites (tertiary alicyclic amines) is 1. The molecule has 2 aliphatic rings. The molecular weight excluding hydrogens is 623 g/mol. The number of likely N-dealkylation sites (N-methyl/N-ethyl adjacent to an activating group) is 1. The number of amides is 1. The lowest BCUT2D eigenvalue weighted by atomic mass is 9.66. The van der Waals surface area contributed by atoms with Crippen molar-refractivity contribution in [2.24, 2.45) is 5.41 Å². The topological polar surface area (TPSA) is 118 Å². The van der Waals surface area contributed by atoms with Crippen LogP contribution in [0.4, 0.5) is 0 Å². The summed E-state index contributed by atoms with van der Waals surface area (Å²) in [7, 11) is -6.00. The molecule has 42 heavy (non-hydrogen) atoms. The minimum absolute atomic E-state index is 0.0253. The maximum atomic E-state index is 14.7. The molecule has 0 radical (unpaired) electrons. The molecule has 0 unspecified atom stereocenters. The fraction of sp³-hybridized carbons (Fsp3) is 0.517. The summed E-state index contributed by atoms with van der Waals surface area (Å²) in [6.07, 6.45) is 2.90. The molecule has 230 valence electrons. The molecule has 4 rings (SSSR count). The maximum absolute atomic E-state index is 14.7. The Labute approximate surface area is 258 Å². The van der Waals surface area contributed by atoms with Crippen molar-refractivity contribution in [1.82, 2.24) is 9.21 Å². The molecule has 4 atom stereocenters. The maximum Gasteiger partial charge on any atom is 0.264 e. The smallest absolute Gasteiger partial charge is 0.264 e. The van der Waals surface area contributed by atoms with Gasteiger partial charge in [-0.1, -0.05) is 54.4 Å². The summed E-state index contributed by atoms with van der Waals surface area (Å²) in [5.41, 5.74) is 0.0123. The van der Waals surface area contributed by atoms with Crippen LogP contribution in [0.1, 0.15) is 62.1 Å². The fourth-order valence-electron chi connectivity index (χ4n) is 5.86. The van der Waals surface area contributed by atoms with Gasteiger partial charge in [0.15, 0.2) is 0 Å². The Balaban J connectivity index is 1.91. The van der Waals surface area contributed by atoms with Crippen molar-refractivity contribution in [3.8, 4) is 0 Å². The van der Waals surface area contributed by atoms with Gasteiger partial charge in [-0.3, -0.25) is 8.98 Å². The fourth-order valence-corrected chi connectivity index (χ4v) is 8.25. The van der Waals surface area contributed by atoms with Crippen molar-refractivity contribution < 1.29 is 30.6 Å². The molecule has 1 saturated carbocycles. The zero-order valence-electron chi connectivity index (χ0n) is 23.8. The zero-order chi connectivity index (χ0) is 30.9. The van der Waals surface area contributed by atoms with Gasteiger partial charge in [-0.15, -0.1) is 0 Å². The summed E-state index contributed by atoms with van der Waals surface area (Å²) < 4.78 is 57.0. The molecule has 1 aliphatic heterocycles. The van der Waals surface area contributed by atoms with E-state index < -0.39 is 61.3 Å². The normalized spacial score (nSPS) is 24.1. The molecule has 2 aromatic rings. The highest BCUT2D eigenvalue weighted by molar-refractivity contribution is 7.90. The number of rotatable bonds is 13. The third-order valence-electron chi connectivity index (χ3n) is 8.20. The average molecular weight is 660 g/mol. The number of carbonyl (C=O) groups excluding carboxylic acids is 2. The second-order valence-corrected chi connectivity index (χ2v) is 16.1. The van der Waals surface area contributed by atoms with Gasteiger partial charge in [0.05, 0.1) is 29.6 Å². The van der Waals surface area contributed by atoms with Gasteiger partial charge in [-0.2, -0.15) is 8.42 Å². The minimum atomic E-state index is -3.96. The van der Waals surface area contributed by atoms with E-state index in [1.54, 1.807) is 35.2 Å². The Bertz CT molecular complexity index is 1510. The Hall–Kier alpha value is -2.02. The second-order valence-electron chi connectivity index (χ2n) is 11.3. The number of halogens is 2. The van der Waals surface area contributed by atoms with E-state index in [-0.39, 0.29) is 19.4 Å². The summed E-state index contributed by atoms with van der Waals surface area (Å²) in [6.45, 7) is 1.36. The minimum Gasteiger partial charge on any atom is -0.330 e. The predicted octanol–water partition coefficient (Wildman–Crippen LogP) is 4.80. The molecule has 2 fully saturated rings. The molecule has 9 nitrogen and oxygen atoms in total. The number of nitrogens with zero attached hydrogens (tertiary/aromatic N) is 2. The van der Waals surface area contributed by atoms with Crippen LogP contribution in [0.15, 0.2) is 48.5 Å². The number of piperidine rings is 1. The van der Waals surface area contributed by atoms with Gasteiger partial charge in [-0.05, 0) is 61.1 Å². The Morgan fingerprint density at radius 2 is 1.74 bits per heavy atom. The lowest BCUT2D eigenvalue weighted by Crippen LogP contribution is -2.60. The summed E-state index contributed by atoms with van der Waals surface area (Å²) in [5, 5.41) is 0.549. The van der Waals surface area contributed by atoms with Crippen LogP contribution in [-0.4, -0.2) is 76.0 Å². The largest absolute Gasteiger partial charge is 0.330 e. The molecule has 0 aromatic heterocycles. The molecule has 13 heteroatoms. The van der Waals surface area contributed by atoms with Crippen LogP contribution in [0.25, 0.3) is 0 Å². The number of sulfonamides is 1. The van der Waals surface area contributed by atoms with Gasteiger partial charge in [0.1, 0.15) is 6.29 Å². The number of hydrogen-bond donors (Lipinski definition) is 0. The number of carbonyl (C=O) groups is 2. The first-order chi connectivity index (χ1) is 19.7. The third-order valence-corrected chi connectivity index (χ3v) is 11.6. The van der Waals surface area contributed by atoms with Crippen LogP contribution >= 0.6 is 23.2 Å². The summed E-state index contributed by atoms with van der Waals surface area (Å²) in [6, 6.07) is 13.1. The first-order valence-corrected chi connectivity index (χ1v) is 17.9. The summed E-state index contributed by atoms with van der Waals surface area (Å²) >= 11 is 12.6. The number of hydrogen-bond acceptors (Lipinski definition) is 7. The average Bonchev–Trinajstić information content (AvgIpc) is 3.78. The zero-order valence-corrected chi connectivity index (χ0v) is 26.9. The van der Waals surface area contributed by atoms with E-state index in [1.807, 2.05) is 25.1 Å². The van der Waals surface area contributed by atoms with E-state index in [9.17, 15) is 26.4 Å². The Kier molecular flexibility index (Phi) is 10.1. The first kappa shape index (κ1) is 32.9. The van der Waals surface area contributed by atoms with E-state index in [2.05, 4.69) is 0 Å². The lowest BCUT2D eigenvalue weighted by Gasteiger charge is -2.53. The van der Waals surface area contributed by atoms with Gasteiger partial charge in [0.2, 0.25) is 15.9 Å². The SMILES string of the molecule is CC[C@@H](CN(C)S(=O)(=O)C1CC1)N1C(=O)[C@](CC=O)(COS(C)(=O)=O)C[C@H](c2cccc(Cl)c2)[C@H]1c1ccc(Cl)cc1. The van der Waals surface area contributed by atoms with Crippen molar-refractivity contribution in [2.45, 2.75) is 62.3 Å². The number of benzene rings is 2. The highest BCUT2D eigenvalue weighted by Gasteiger charge is 2.54. The Morgan fingerprint density at radius 1 is 1.07 bits per heavy atom. The monoisotopic (exact) mass is 658 g/mol. The molecule has 0 N–H and O–H groups in total. The first-order valence-electron chi connectivity index (χ1n) is 13.8. The molecule has 0 bridgehead atoms. The van der Waals surface area contributed by atoms with Crippen molar-refractivity contribution in [3.05, 3.63) is 69.7 Å². The Morgan fingerprint density at radius 3 is 2.29 bits per heavy atom. The van der Waals surface area contributed by atoms with Gasteiger partial charge >= 0.3 is 0 Å². The predicted molar refractivity (Wildman–Crippen MR) is 162 cm³/mol. The van der Waals surface area contributed by atoms with Crippen LogP contribution in [-0.2, 0) is 33.9 Å². The molecule has 1 heterocycles. The molecule has 1 saturated heterocycles. The van der Waals surface area contributed by atoms with E-state index in [4.69, 9.17) is 27.4 Å². The summed E-state index contributed by atoms with van der Waals surface area (Å²) in [5.74, 6) is -0.925. The molecule has 1 aliphatic carbocycles. The van der Waals surface area contributed by atoms with Crippen LogP contribution in [0, 0.1) is 5.41 Å². The van der Waals surface area contributed by atoms with Crippen molar-refractivity contribution in [2.75, 3.05) is 26.5 Å². The van der Waals surface area contributed by atoms with Crippen LogP contribution in [0.5, 0.6) is 0 Å². The molecule has 0 spiro atoms. The van der Waals surface area contributed by atoms with Crippen molar-refractivity contribution in [3.63, 3.8) is 0 Å². The van der Waals surface area contributed by atoms with E-state index in [1.165, 1.54) is 11.4 Å². The van der Waals surface area contributed by atoms with Crippen LogP contribution in [0.2, 0.25) is 10.0 Å². The number of aldehydes is 1. The quantitative estimate of drug-likeness (QED) is 0.224. The lowest BCUT2D eigenvalue weighted by molar-refractivity contribution is -0.160. The summed E-state index contributed by atoms with van der Waals surface area (Å²) in [4.78, 5) is 28.4. The van der Waals surface area contributed by atoms with E-state index >= 15 is 0 Å². The highest BCUT2D eigenvalue weighted by atomic mass is 35.5. The van der Waals surface area contributed by atoms with Crippen LogP contribution in [0.3, 0.4) is 0 Å². The van der Waals surface area contributed by atoms with Crippen molar-refractivity contribution >= 4 is 55.5 Å². The highest BCUT2D eigenvalue weighted by Crippen LogP contribution is 2.52. The van der Waals surface area contributed by atoms with Gasteiger partial charge in [0.25, 0.3) is 10.1 Å². The third kappa shape index (κ3) is 7.19. The van der Waals surface area contributed by atoms with E-state index in [0.29, 0.717) is 35.6 Å². The van der Waals surface area contributed by atoms with Crippen LogP contribution < -0.4 is 0 Å². The van der Waals surface area contributed by atoms with E-state index in [0.717, 1.165) is 17.4 Å². The standard InChI is InChI=1S/C29H36Cl2N2O7S2/c1-4-24(18-32(2)42(38,39)25-12-13-25)33-27(20-8-10-22(30)11-9-20)26(21-6-5-7-23(31)16-21)17-29(14-15-34,28(33)35)19-40-41(3,36)37/h5-11,15-16,24-27H,4,12-14,17-19H2,1-3H3/t24-,26+,27+,29-/m0/s1. The van der Waals surface area contributed by atoms with Gasteiger partial charge in [0, 0.05) is 42.0 Å². The van der Waals surface area contributed by atoms with Crippen molar-refractivity contribution in [1.29, 1.82) is 0 Å². The second kappa shape index (κ2) is 12.9. The van der Waals surface area contributed by atoms with Gasteiger partial charge < -0.3 is 9.69 Å². The van der Waals surface area contributed by atoms with Gasteiger partial charge in [-0.25, -0.2) is 12.7 Å². The molecular formula is C29H36Cl2N2O7S2. The molecule has 1 amide bonds. The molecule has 2 aromatic carbocycles.